The van der Waals surface area contributed by atoms with Crippen LogP contribution in [0.5, 0.6) is 0 Å². The first-order valence-electron chi connectivity index (χ1n) is 7.05. The van der Waals surface area contributed by atoms with E-state index < -0.39 is 0 Å². The van der Waals surface area contributed by atoms with E-state index in [1.807, 2.05) is 0 Å². The Kier molecular flexibility index (Phi) is 6.21. The van der Waals surface area contributed by atoms with Crippen LogP contribution in [0, 0.1) is 12.7 Å². The van der Waals surface area contributed by atoms with Crippen LogP contribution in [0.4, 0.5) is 10.1 Å². The first-order chi connectivity index (χ1) is 10.6. The van der Waals surface area contributed by atoms with Crippen molar-refractivity contribution in [2.45, 2.75) is 6.92 Å². The highest BCUT2D eigenvalue weighted by Crippen LogP contribution is 2.16. The van der Waals surface area contributed by atoms with Gasteiger partial charge in [0.15, 0.2) is 0 Å². The van der Waals surface area contributed by atoms with Gasteiger partial charge in [-0.3, -0.25) is 9.59 Å². The van der Waals surface area contributed by atoms with Gasteiger partial charge in [-0.1, -0.05) is 0 Å². The van der Waals surface area contributed by atoms with E-state index in [0.717, 1.165) is 0 Å². The number of carbonyl (C=O) groups excluding carboxylic acids is 2. The van der Waals surface area contributed by atoms with Gasteiger partial charge in [0.25, 0.3) is 0 Å². The Morgan fingerprint density at radius 3 is 2.73 bits per heavy atom. The average Bonchev–Trinajstić information content (AvgIpc) is 2.51. The molecule has 0 aliphatic carbocycles. The van der Waals surface area contributed by atoms with Crippen LogP contribution in [0.3, 0.4) is 0 Å². The largest absolute Gasteiger partial charge is 0.378 e. The monoisotopic (exact) mass is 326 g/mol. The number of aryl methyl sites for hydroxylation is 1. The van der Waals surface area contributed by atoms with Crippen molar-refractivity contribution in [3.05, 3.63) is 29.6 Å². The normalized spacial score (nSPS) is 14.7. The van der Waals surface area contributed by atoms with E-state index in [1.54, 1.807) is 11.8 Å². The van der Waals surface area contributed by atoms with Crippen LogP contribution in [0.15, 0.2) is 18.2 Å². The maximum Gasteiger partial charge on any atom is 0.234 e. The summed E-state index contributed by atoms with van der Waals surface area (Å²) in [6.07, 6.45) is 0. The van der Waals surface area contributed by atoms with Crippen LogP contribution in [0.25, 0.3) is 0 Å². The Hall–Kier alpha value is -1.60. The van der Waals surface area contributed by atoms with Gasteiger partial charge in [0.1, 0.15) is 5.82 Å². The van der Waals surface area contributed by atoms with Gasteiger partial charge >= 0.3 is 0 Å². The van der Waals surface area contributed by atoms with Gasteiger partial charge in [-0.2, -0.15) is 0 Å². The molecule has 0 spiro atoms. The van der Waals surface area contributed by atoms with E-state index in [2.05, 4.69) is 5.32 Å². The van der Waals surface area contributed by atoms with Gasteiger partial charge in [-0.25, -0.2) is 4.39 Å². The number of ether oxygens (including phenoxy) is 1. The third-order valence-electron chi connectivity index (χ3n) is 3.29. The fourth-order valence-corrected chi connectivity index (χ4v) is 2.81. The summed E-state index contributed by atoms with van der Waals surface area (Å²) in [4.78, 5) is 25.5. The lowest BCUT2D eigenvalue weighted by atomic mass is 10.2. The summed E-state index contributed by atoms with van der Waals surface area (Å²) in [5.41, 5.74) is 1.26. The predicted molar refractivity (Wildman–Crippen MR) is 84.5 cm³/mol. The number of amides is 2. The minimum atomic E-state index is -0.332. The van der Waals surface area contributed by atoms with Gasteiger partial charge < -0.3 is 15.0 Å². The topological polar surface area (TPSA) is 58.6 Å². The zero-order chi connectivity index (χ0) is 15.9. The van der Waals surface area contributed by atoms with E-state index in [9.17, 15) is 14.0 Å². The van der Waals surface area contributed by atoms with Crippen LogP contribution < -0.4 is 5.32 Å². The van der Waals surface area contributed by atoms with Gasteiger partial charge in [0, 0.05) is 18.8 Å². The summed E-state index contributed by atoms with van der Waals surface area (Å²) in [5, 5.41) is 2.72. The zero-order valence-corrected chi connectivity index (χ0v) is 13.2. The van der Waals surface area contributed by atoms with Gasteiger partial charge in [-0.15, -0.1) is 11.8 Å². The fraction of sp³-hybridized carbons (Fsp3) is 0.467. The number of rotatable bonds is 5. The van der Waals surface area contributed by atoms with Crippen LogP contribution in [0.1, 0.15) is 5.56 Å². The number of nitrogens with one attached hydrogen (secondary N) is 1. The van der Waals surface area contributed by atoms with E-state index in [-0.39, 0.29) is 29.1 Å². The Bertz CT molecular complexity index is 548. The molecule has 0 aromatic heterocycles. The Balaban J connectivity index is 1.72. The third-order valence-corrected chi connectivity index (χ3v) is 4.20. The molecule has 1 aliphatic heterocycles. The Morgan fingerprint density at radius 1 is 1.32 bits per heavy atom. The average molecular weight is 326 g/mol. The maximum atomic E-state index is 13.0. The molecule has 1 N–H and O–H groups in total. The van der Waals surface area contributed by atoms with E-state index >= 15 is 0 Å². The van der Waals surface area contributed by atoms with Gasteiger partial charge in [-0.05, 0) is 30.7 Å². The van der Waals surface area contributed by atoms with Crippen molar-refractivity contribution in [3.63, 3.8) is 0 Å². The second-order valence-corrected chi connectivity index (χ2v) is 5.98. The number of benzene rings is 1. The van der Waals surface area contributed by atoms with Crippen molar-refractivity contribution in [2.75, 3.05) is 43.1 Å². The molecular weight excluding hydrogens is 307 g/mol. The quantitative estimate of drug-likeness (QED) is 0.894. The molecule has 1 aliphatic rings. The van der Waals surface area contributed by atoms with Crippen molar-refractivity contribution in [1.29, 1.82) is 0 Å². The Labute approximate surface area is 133 Å². The van der Waals surface area contributed by atoms with E-state index in [0.29, 0.717) is 37.6 Å². The number of thioether (sulfide) groups is 1. The van der Waals surface area contributed by atoms with Gasteiger partial charge in [0.2, 0.25) is 11.8 Å². The molecule has 0 radical (unpaired) electrons. The summed E-state index contributed by atoms with van der Waals surface area (Å²) < 4.78 is 18.2. The van der Waals surface area contributed by atoms with E-state index in [4.69, 9.17) is 4.74 Å². The van der Waals surface area contributed by atoms with Gasteiger partial charge in [0.05, 0.1) is 24.7 Å². The van der Waals surface area contributed by atoms with Crippen molar-refractivity contribution in [1.82, 2.24) is 4.90 Å². The second kappa shape index (κ2) is 8.14. The highest BCUT2D eigenvalue weighted by atomic mass is 32.2. The molecule has 1 fully saturated rings. The second-order valence-electron chi connectivity index (χ2n) is 4.99. The smallest absolute Gasteiger partial charge is 0.234 e. The predicted octanol–water partition coefficient (Wildman–Crippen LogP) is 1.66. The molecule has 120 valence electrons. The molecular formula is C15H19FN2O3S. The highest BCUT2D eigenvalue weighted by Gasteiger charge is 2.17. The molecule has 2 amide bonds. The van der Waals surface area contributed by atoms with Crippen LogP contribution in [-0.2, 0) is 14.3 Å². The summed E-state index contributed by atoms with van der Waals surface area (Å²) in [7, 11) is 0. The standard InChI is InChI=1S/C15H19FN2O3S/c1-11-8-12(16)2-3-13(11)17-14(19)9-22-10-15(20)18-4-6-21-7-5-18/h2-3,8H,4-7,9-10H2,1H3,(H,17,19). The molecule has 5 nitrogen and oxygen atoms in total. The first kappa shape index (κ1) is 16.8. The summed E-state index contributed by atoms with van der Waals surface area (Å²) >= 11 is 1.27. The molecule has 0 bridgehead atoms. The van der Waals surface area contributed by atoms with Crippen LogP contribution in [-0.4, -0.2) is 54.5 Å². The summed E-state index contributed by atoms with van der Waals surface area (Å²) in [6, 6.07) is 4.20. The van der Waals surface area contributed by atoms with Crippen molar-refractivity contribution in [3.8, 4) is 0 Å². The molecule has 0 unspecified atom stereocenters. The summed E-state index contributed by atoms with van der Waals surface area (Å²) in [5.74, 6) is -0.0440. The molecule has 22 heavy (non-hydrogen) atoms. The van der Waals surface area contributed by atoms with Crippen LogP contribution >= 0.6 is 11.8 Å². The maximum absolute atomic E-state index is 13.0. The molecule has 1 aromatic rings. The molecule has 0 atom stereocenters. The number of morpholine rings is 1. The number of hydrogen-bond acceptors (Lipinski definition) is 4. The lowest BCUT2D eigenvalue weighted by Gasteiger charge is -2.26. The third kappa shape index (κ3) is 4.99. The summed E-state index contributed by atoms with van der Waals surface area (Å²) in [6.45, 7) is 4.09. The lowest BCUT2D eigenvalue weighted by Crippen LogP contribution is -2.41. The number of hydrogen-bond donors (Lipinski definition) is 1. The number of anilines is 1. The minimum Gasteiger partial charge on any atom is -0.378 e. The molecule has 0 saturated carbocycles. The number of nitrogens with zero attached hydrogens (tertiary/aromatic N) is 1. The number of carbonyl (C=O) groups is 2. The molecule has 1 saturated heterocycles. The van der Waals surface area contributed by atoms with Crippen LogP contribution in [0.2, 0.25) is 0 Å². The van der Waals surface area contributed by atoms with E-state index in [1.165, 1.54) is 30.0 Å². The van der Waals surface area contributed by atoms with Crippen molar-refractivity contribution < 1.29 is 18.7 Å². The Morgan fingerprint density at radius 2 is 2.05 bits per heavy atom. The SMILES string of the molecule is Cc1cc(F)ccc1NC(=O)CSCC(=O)N1CCOCC1. The fourth-order valence-electron chi connectivity index (χ4n) is 2.09. The molecule has 2 rings (SSSR count). The lowest BCUT2D eigenvalue weighted by molar-refractivity contribution is -0.132. The highest BCUT2D eigenvalue weighted by molar-refractivity contribution is 8.00. The molecule has 1 heterocycles. The minimum absolute atomic E-state index is 0.0269. The molecule has 1 aromatic carbocycles. The first-order valence-corrected chi connectivity index (χ1v) is 8.21. The molecule has 7 heteroatoms. The van der Waals surface area contributed by atoms with Crippen molar-refractivity contribution in [2.24, 2.45) is 0 Å². The number of halogens is 1. The zero-order valence-electron chi connectivity index (χ0n) is 12.4. The van der Waals surface area contributed by atoms with Crippen molar-refractivity contribution >= 4 is 29.3 Å².